The molecule has 1 aliphatic carbocycles. The van der Waals surface area contributed by atoms with E-state index in [2.05, 4.69) is 55.8 Å². The Labute approximate surface area is 170 Å². The van der Waals surface area contributed by atoms with E-state index in [0.717, 1.165) is 70.7 Å². The van der Waals surface area contributed by atoms with Crippen LogP contribution >= 0.6 is 0 Å². The van der Waals surface area contributed by atoms with Crippen LogP contribution in [0.3, 0.4) is 0 Å². The SMILES string of the molecule is CN=C(NCCN(CCOC)C1CC1)NC1CCN(Cc2ccccc2)CC1. The Morgan fingerprint density at radius 2 is 1.89 bits per heavy atom. The van der Waals surface area contributed by atoms with Crippen molar-refractivity contribution < 1.29 is 4.74 Å². The number of guanidine groups is 1. The van der Waals surface area contributed by atoms with Gasteiger partial charge in [0.15, 0.2) is 5.96 Å². The molecular weight excluding hydrogens is 350 g/mol. The van der Waals surface area contributed by atoms with Gasteiger partial charge >= 0.3 is 0 Å². The lowest BCUT2D eigenvalue weighted by molar-refractivity contribution is 0.144. The van der Waals surface area contributed by atoms with Crippen molar-refractivity contribution in [3.05, 3.63) is 35.9 Å². The smallest absolute Gasteiger partial charge is 0.191 e. The van der Waals surface area contributed by atoms with Crippen LogP contribution in [0, 0.1) is 0 Å². The molecule has 28 heavy (non-hydrogen) atoms. The number of hydrogen-bond donors (Lipinski definition) is 2. The average Bonchev–Trinajstić information content (AvgIpc) is 3.57. The van der Waals surface area contributed by atoms with E-state index in [-0.39, 0.29) is 0 Å². The standard InChI is InChI=1S/C22H37N5O/c1-23-22(24-12-15-27(16-17-28-2)21-8-9-21)25-20-10-13-26(14-11-20)18-19-6-4-3-5-7-19/h3-7,20-21H,8-18H2,1-2H3,(H2,23,24,25). The number of rotatable bonds is 10. The third-order valence-corrected chi connectivity index (χ3v) is 5.74. The van der Waals surface area contributed by atoms with Gasteiger partial charge in [-0.3, -0.25) is 14.8 Å². The highest BCUT2D eigenvalue weighted by atomic mass is 16.5. The zero-order valence-corrected chi connectivity index (χ0v) is 17.6. The third kappa shape index (κ3) is 7.08. The van der Waals surface area contributed by atoms with Crippen molar-refractivity contribution in [3.63, 3.8) is 0 Å². The molecule has 6 heteroatoms. The molecule has 0 spiro atoms. The second kappa shape index (κ2) is 11.4. The van der Waals surface area contributed by atoms with Crippen LogP contribution in [0.2, 0.25) is 0 Å². The molecule has 1 aromatic rings. The third-order valence-electron chi connectivity index (χ3n) is 5.74. The van der Waals surface area contributed by atoms with Crippen molar-refractivity contribution in [2.75, 3.05) is 53.5 Å². The summed E-state index contributed by atoms with van der Waals surface area (Å²) in [5.41, 5.74) is 1.40. The van der Waals surface area contributed by atoms with E-state index < -0.39 is 0 Å². The van der Waals surface area contributed by atoms with Crippen LogP contribution in [-0.4, -0.2) is 81.3 Å². The van der Waals surface area contributed by atoms with E-state index in [9.17, 15) is 0 Å². The lowest BCUT2D eigenvalue weighted by Gasteiger charge is -2.33. The highest BCUT2D eigenvalue weighted by molar-refractivity contribution is 5.79. The molecule has 1 aliphatic heterocycles. The molecule has 0 bridgehead atoms. The Bertz CT molecular complexity index is 582. The molecule has 1 saturated carbocycles. The van der Waals surface area contributed by atoms with Gasteiger partial charge in [0, 0.05) is 65.5 Å². The summed E-state index contributed by atoms with van der Waals surface area (Å²) < 4.78 is 5.24. The molecular formula is C22H37N5O. The number of aliphatic imine (C=N–C) groups is 1. The first-order valence-electron chi connectivity index (χ1n) is 10.7. The zero-order valence-electron chi connectivity index (χ0n) is 17.6. The summed E-state index contributed by atoms with van der Waals surface area (Å²) in [6.07, 6.45) is 4.99. The maximum absolute atomic E-state index is 5.24. The molecule has 1 heterocycles. The van der Waals surface area contributed by atoms with E-state index >= 15 is 0 Å². The minimum absolute atomic E-state index is 0.506. The van der Waals surface area contributed by atoms with E-state index in [4.69, 9.17) is 4.74 Å². The van der Waals surface area contributed by atoms with Crippen molar-refractivity contribution >= 4 is 5.96 Å². The summed E-state index contributed by atoms with van der Waals surface area (Å²) in [5, 5.41) is 7.12. The quantitative estimate of drug-likeness (QED) is 0.475. The predicted octanol–water partition coefficient (Wildman–Crippen LogP) is 1.93. The van der Waals surface area contributed by atoms with Crippen LogP contribution in [-0.2, 0) is 11.3 Å². The fourth-order valence-corrected chi connectivity index (χ4v) is 3.91. The molecule has 0 atom stereocenters. The van der Waals surface area contributed by atoms with Crippen molar-refractivity contribution in [2.24, 2.45) is 4.99 Å². The topological polar surface area (TPSA) is 52.1 Å². The van der Waals surface area contributed by atoms with Gasteiger partial charge in [0.2, 0.25) is 0 Å². The second-order valence-electron chi connectivity index (χ2n) is 7.94. The molecule has 0 unspecified atom stereocenters. The molecule has 6 nitrogen and oxygen atoms in total. The molecule has 156 valence electrons. The molecule has 0 radical (unpaired) electrons. The van der Waals surface area contributed by atoms with Gasteiger partial charge in [-0.1, -0.05) is 30.3 Å². The largest absolute Gasteiger partial charge is 0.383 e. The van der Waals surface area contributed by atoms with Gasteiger partial charge < -0.3 is 15.4 Å². The van der Waals surface area contributed by atoms with Gasteiger partial charge in [0.1, 0.15) is 0 Å². The summed E-state index contributed by atoms with van der Waals surface area (Å²) in [5.74, 6) is 0.934. The first-order chi connectivity index (χ1) is 13.8. The fraction of sp³-hybridized carbons (Fsp3) is 0.682. The molecule has 2 N–H and O–H groups in total. The monoisotopic (exact) mass is 387 g/mol. The Hall–Kier alpha value is -1.63. The number of hydrogen-bond acceptors (Lipinski definition) is 4. The van der Waals surface area contributed by atoms with Gasteiger partial charge in [-0.15, -0.1) is 0 Å². The molecule has 2 aliphatic rings. The summed E-state index contributed by atoms with van der Waals surface area (Å²) in [4.78, 5) is 9.51. The van der Waals surface area contributed by atoms with Crippen molar-refractivity contribution in [2.45, 2.75) is 44.3 Å². The summed E-state index contributed by atoms with van der Waals surface area (Å²) in [6, 6.07) is 12.0. The van der Waals surface area contributed by atoms with E-state index in [1.165, 1.54) is 18.4 Å². The Kier molecular flexibility index (Phi) is 8.58. The molecule has 3 rings (SSSR count). The first-order valence-corrected chi connectivity index (χ1v) is 10.7. The number of methoxy groups -OCH3 is 1. The summed E-state index contributed by atoms with van der Waals surface area (Å²) in [6.45, 7) is 7.13. The number of nitrogens with zero attached hydrogens (tertiary/aromatic N) is 3. The van der Waals surface area contributed by atoms with Gasteiger partial charge in [-0.25, -0.2) is 0 Å². The number of nitrogens with one attached hydrogen (secondary N) is 2. The van der Waals surface area contributed by atoms with Crippen LogP contribution < -0.4 is 10.6 Å². The van der Waals surface area contributed by atoms with Crippen molar-refractivity contribution in [3.8, 4) is 0 Å². The number of piperidine rings is 1. The lowest BCUT2D eigenvalue weighted by Crippen LogP contribution is -2.49. The normalized spacial score (nSPS) is 19.2. The number of benzene rings is 1. The lowest BCUT2D eigenvalue weighted by atomic mass is 10.0. The van der Waals surface area contributed by atoms with Crippen LogP contribution in [0.15, 0.2) is 35.3 Å². The Morgan fingerprint density at radius 1 is 1.14 bits per heavy atom. The minimum atomic E-state index is 0.506. The predicted molar refractivity (Wildman–Crippen MR) is 116 cm³/mol. The highest BCUT2D eigenvalue weighted by Crippen LogP contribution is 2.26. The Morgan fingerprint density at radius 3 is 2.54 bits per heavy atom. The first kappa shape index (κ1) is 21.1. The molecule has 1 aromatic carbocycles. The molecule has 0 amide bonds. The van der Waals surface area contributed by atoms with Crippen LogP contribution in [0.4, 0.5) is 0 Å². The van der Waals surface area contributed by atoms with Gasteiger partial charge in [-0.2, -0.15) is 0 Å². The van der Waals surface area contributed by atoms with Crippen molar-refractivity contribution in [1.29, 1.82) is 0 Å². The summed E-state index contributed by atoms with van der Waals surface area (Å²) in [7, 11) is 3.64. The van der Waals surface area contributed by atoms with Crippen LogP contribution in [0.1, 0.15) is 31.2 Å². The van der Waals surface area contributed by atoms with Gasteiger partial charge in [-0.05, 0) is 31.2 Å². The maximum atomic E-state index is 5.24. The highest BCUT2D eigenvalue weighted by Gasteiger charge is 2.28. The Balaban J connectivity index is 1.33. The number of likely N-dealkylation sites (tertiary alicyclic amines) is 1. The minimum Gasteiger partial charge on any atom is -0.383 e. The van der Waals surface area contributed by atoms with Crippen LogP contribution in [0.25, 0.3) is 0 Å². The van der Waals surface area contributed by atoms with Gasteiger partial charge in [0.25, 0.3) is 0 Å². The second-order valence-corrected chi connectivity index (χ2v) is 7.94. The van der Waals surface area contributed by atoms with Crippen LogP contribution in [0.5, 0.6) is 0 Å². The van der Waals surface area contributed by atoms with E-state index in [1.807, 2.05) is 7.05 Å². The molecule has 1 saturated heterocycles. The summed E-state index contributed by atoms with van der Waals surface area (Å²) >= 11 is 0. The van der Waals surface area contributed by atoms with Gasteiger partial charge in [0.05, 0.1) is 6.61 Å². The maximum Gasteiger partial charge on any atom is 0.191 e. The zero-order chi connectivity index (χ0) is 19.6. The van der Waals surface area contributed by atoms with E-state index in [1.54, 1.807) is 7.11 Å². The average molecular weight is 388 g/mol. The fourth-order valence-electron chi connectivity index (χ4n) is 3.91. The molecule has 2 fully saturated rings. The van der Waals surface area contributed by atoms with E-state index in [0.29, 0.717) is 6.04 Å². The number of ether oxygens (including phenoxy) is 1. The molecule has 0 aromatic heterocycles. The van der Waals surface area contributed by atoms with Crippen molar-refractivity contribution in [1.82, 2.24) is 20.4 Å².